The summed E-state index contributed by atoms with van der Waals surface area (Å²) in [4.78, 5) is 0. The van der Waals surface area contributed by atoms with E-state index >= 15 is 0 Å². The van der Waals surface area contributed by atoms with E-state index in [-0.39, 0.29) is 11.8 Å². The van der Waals surface area contributed by atoms with Crippen LogP contribution < -0.4 is 9.62 Å². The molecule has 0 aliphatic carbocycles. The maximum absolute atomic E-state index is 12.3. The van der Waals surface area contributed by atoms with Crippen LogP contribution in [0, 0.1) is 6.92 Å². The van der Waals surface area contributed by atoms with Gasteiger partial charge in [-0.05, 0) is 31.5 Å². The summed E-state index contributed by atoms with van der Waals surface area (Å²) in [6, 6.07) is 5.58. The summed E-state index contributed by atoms with van der Waals surface area (Å²) in [7, 11) is -3.24. The molecule has 1 heterocycles. The molecule has 0 aromatic heterocycles. The zero-order valence-electron chi connectivity index (χ0n) is 10.5. The second-order valence-corrected chi connectivity index (χ2v) is 7.42. The lowest BCUT2D eigenvalue weighted by molar-refractivity contribution is 0.586. The second kappa shape index (κ2) is 5.19. The maximum atomic E-state index is 12.3. The fourth-order valence-corrected chi connectivity index (χ4v) is 4.12. The maximum Gasteiger partial charge on any atom is 0.236 e. The van der Waals surface area contributed by atoms with Crippen molar-refractivity contribution in [3.8, 4) is 0 Å². The zero-order chi connectivity index (χ0) is 13.3. The molecule has 1 atom stereocenters. The van der Waals surface area contributed by atoms with Gasteiger partial charge in [0.05, 0.1) is 17.5 Å². The Hall–Kier alpha value is -0.590. The van der Waals surface area contributed by atoms with Crippen molar-refractivity contribution in [3.05, 3.63) is 28.2 Å². The minimum absolute atomic E-state index is 0.0768. The molecule has 4 nitrogen and oxygen atoms in total. The van der Waals surface area contributed by atoms with Crippen LogP contribution in [0.15, 0.2) is 22.7 Å². The number of nitrogens with zero attached hydrogens (tertiary/aromatic N) is 1. The summed E-state index contributed by atoms with van der Waals surface area (Å²) < 4.78 is 27.0. The average molecular weight is 333 g/mol. The molecule has 1 aliphatic heterocycles. The molecule has 1 saturated heterocycles. The number of aryl methyl sites for hydroxylation is 1. The van der Waals surface area contributed by atoms with Gasteiger partial charge < -0.3 is 5.32 Å². The minimum atomic E-state index is -3.24. The standard InChI is InChI=1S/C12H17BrN2O2S/c1-9-3-4-11(7-12(9)13)15-10(2)8-14-5-6-18(15,16)17/h3-4,7,10,14H,5-6,8H2,1-2H3. The van der Waals surface area contributed by atoms with Crippen molar-refractivity contribution in [2.24, 2.45) is 0 Å². The second-order valence-electron chi connectivity index (χ2n) is 4.60. The Labute approximate surface area is 117 Å². The molecule has 2 rings (SSSR count). The lowest BCUT2D eigenvalue weighted by Crippen LogP contribution is -2.41. The molecule has 0 amide bonds. The third-order valence-electron chi connectivity index (χ3n) is 3.09. The first-order valence-corrected chi connectivity index (χ1v) is 8.31. The summed E-state index contributed by atoms with van der Waals surface area (Å²) in [5.74, 6) is 0.142. The van der Waals surface area contributed by atoms with Gasteiger partial charge in [-0.3, -0.25) is 4.31 Å². The van der Waals surface area contributed by atoms with Crippen LogP contribution in [0.25, 0.3) is 0 Å². The Morgan fingerprint density at radius 1 is 1.44 bits per heavy atom. The number of anilines is 1. The highest BCUT2D eigenvalue weighted by Crippen LogP contribution is 2.27. The van der Waals surface area contributed by atoms with Gasteiger partial charge in [0, 0.05) is 17.6 Å². The van der Waals surface area contributed by atoms with Gasteiger partial charge in [-0.2, -0.15) is 0 Å². The van der Waals surface area contributed by atoms with Gasteiger partial charge in [0.15, 0.2) is 0 Å². The number of rotatable bonds is 1. The van der Waals surface area contributed by atoms with Crippen LogP contribution in [0.1, 0.15) is 12.5 Å². The van der Waals surface area contributed by atoms with Crippen molar-refractivity contribution >= 4 is 31.6 Å². The van der Waals surface area contributed by atoms with E-state index in [0.29, 0.717) is 13.1 Å². The highest BCUT2D eigenvalue weighted by Gasteiger charge is 2.29. The fraction of sp³-hybridized carbons (Fsp3) is 0.500. The summed E-state index contributed by atoms with van der Waals surface area (Å²) in [6.45, 7) is 5.08. The number of halogens is 1. The molecule has 0 radical (unpaired) electrons. The molecule has 1 aliphatic rings. The molecule has 0 saturated carbocycles. The SMILES string of the molecule is Cc1ccc(N2C(C)CNCCS2(=O)=O)cc1Br. The van der Waals surface area contributed by atoms with E-state index in [2.05, 4.69) is 21.2 Å². The Morgan fingerprint density at radius 2 is 2.17 bits per heavy atom. The third kappa shape index (κ3) is 2.70. The quantitative estimate of drug-likeness (QED) is 0.854. The monoisotopic (exact) mass is 332 g/mol. The lowest BCUT2D eigenvalue weighted by atomic mass is 10.2. The van der Waals surface area contributed by atoms with Crippen LogP contribution in [0.2, 0.25) is 0 Å². The molecular formula is C12H17BrN2O2S. The highest BCUT2D eigenvalue weighted by molar-refractivity contribution is 9.10. The normalized spacial score (nSPS) is 23.7. The van der Waals surface area contributed by atoms with E-state index in [9.17, 15) is 8.42 Å². The van der Waals surface area contributed by atoms with Crippen molar-refractivity contribution in [1.82, 2.24) is 5.32 Å². The van der Waals surface area contributed by atoms with Crippen LogP contribution in [-0.2, 0) is 10.0 Å². The van der Waals surface area contributed by atoms with E-state index in [0.717, 1.165) is 15.7 Å². The number of nitrogens with one attached hydrogen (secondary N) is 1. The van der Waals surface area contributed by atoms with E-state index in [1.807, 2.05) is 32.0 Å². The minimum Gasteiger partial charge on any atom is -0.314 e. The average Bonchev–Trinajstić information content (AvgIpc) is 2.41. The predicted molar refractivity (Wildman–Crippen MR) is 77.5 cm³/mol. The van der Waals surface area contributed by atoms with E-state index in [1.54, 1.807) is 0 Å². The first kappa shape index (κ1) is 13.8. The van der Waals surface area contributed by atoms with Crippen molar-refractivity contribution in [3.63, 3.8) is 0 Å². The Kier molecular flexibility index (Phi) is 3.99. The largest absolute Gasteiger partial charge is 0.314 e. The summed E-state index contributed by atoms with van der Waals surface area (Å²) in [6.07, 6.45) is 0. The van der Waals surface area contributed by atoms with Crippen molar-refractivity contribution in [1.29, 1.82) is 0 Å². The first-order valence-electron chi connectivity index (χ1n) is 5.91. The third-order valence-corrected chi connectivity index (χ3v) is 5.83. The molecule has 1 unspecified atom stereocenters. The highest BCUT2D eigenvalue weighted by atomic mass is 79.9. The molecule has 18 heavy (non-hydrogen) atoms. The molecule has 0 spiro atoms. The van der Waals surface area contributed by atoms with Gasteiger partial charge in [-0.15, -0.1) is 0 Å². The molecule has 0 bridgehead atoms. The first-order chi connectivity index (χ1) is 8.42. The fourth-order valence-electron chi connectivity index (χ4n) is 2.10. The Balaban J connectivity index is 2.47. The Bertz CT molecular complexity index is 545. The van der Waals surface area contributed by atoms with Crippen LogP contribution in [0.3, 0.4) is 0 Å². The number of hydrogen-bond acceptors (Lipinski definition) is 3. The van der Waals surface area contributed by atoms with Crippen molar-refractivity contribution in [2.75, 3.05) is 23.1 Å². The van der Waals surface area contributed by atoms with Gasteiger partial charge in [-0.25, -0.2) is 8.42 Å². The van der Waals surface area contributed by atoms with Crippen LogP contribution in [-0.4, -0.2) is 33.3 Å². The Morgan fingerprint density at radius 3 is 2.83 bits per heavy atom. The summed E-state index contributed by atoms with van der Waals surface area (Å²) in [5.41, 5.74) is 1.82. The van der Waals surface area contributed by atoms with Gasteiger partial charge in [-0.1, -0.05) is 22.0 Å². The van der Waals surface area contributed by atoms with E-state index in [4.69, 9.17) is 0 Å². The predicted octanol–water partition coefficient (Wildman–Crippen LogP) is 1.89. The van der Waals surface area contributed by atoms with Crippen molar-refractivity contribution in [2.45, 2.75) is 19.9 Å². The molecule has 1 N–H and O–H groups in total. The molecule has 1 aromatic rings. The smallest absolute Gasteiger partial charge is 0.236 e. The van der Waals surface area contributed by atoms with Gasteiger partial charge in [0.2, 0.25) is 10.0 Å². The molecule has 1 aromatic carbocycles. The van der Waals surface area contributed by atoms with Crippen LogP contribution in [0.5, 0.6) is 0 Å². The topological polar surface area (TPSA) is 49.4 Å². The van der Waals surface area contributed by atoms with Crippen molar-refractivity contribution < 1.29 is 8.42 Å². The summed E-state index contributed by atoms with van der Waals surface area (Å²) >= 11 is 3.45. The van der Waals surface area contributed by atoms with Gasteiger partial charge in [0.1, 0.15) is 0 Å². The zero-order valence-corrected chi connectivity index (χ0v) is 12.9. The molecule has 1 fully saturated rings. The lowest BCUT2D eigenvalue weighted by Gasteiger charge is -2.28. The van der Waals surface area contributed by atoms with E-state index in [1.165, 1.54) is 4.31 Å². The number of hydrogen-bond donors (Lipinski definition) is 1. The molecule has 100 valence electrons. The molecule has 6 heteroatoms. The van der Waals surface area contributed by atoms with Gasteiger partial charge in [0.25, 0.3) is 0 Å². The van der Waals surface area contributed by atoms with Crippen LogP contribution >= 0.6 is 15.9 Å². The molecular weight excluding hydrogens is 316 g/mol. The summed E-state index contributed by atoms with van der Waals surface area (Å²) in [5, 5.41) is 3.15. The van der Waals surface area contributed by atoms with Gasteiger partial charge >= 0.3 is 0 Å². The van der Waals surface area contributed by atoms with E-state index < -0.39 is 10.0 Å². The number of sulfonamides is 1. The van der Waals surface area contributed by atoms with Crippen LogP contribution in [0.4, 0.5) is 5.69 Å². The number of benzene rings is 1.